The number of ether oxygens (including phenoxy) is 2. The van der Waals surface area contributed by atoms with Crippen LogP contribution in [0.1, 0.15) is 0 Å². The van der Waals surface area contributed by atoms with Crippen molar-refractivity contribution in [2.45, 2.75) is 0 Å². The quantitative estimate of drug-likeness (QED) is 0.820. The fraction of sp³-hybridized carbons (Fsp3) is 0.286. The molecule has 1 aromatic carbocycles. The highest BCUT2D eigenvalue weighted by atomic mass is 16.5. The molecule has 2 amide bonds. The van der Waals surface area contributed by atoms with Crippen LogP contribution in [-0.4, -0.2) is 38.7 Å². The predicted octanol–water partition coefficient (Wildman–Crippen LogP) is 1.18. The average Bonchev–Trinajstić information content (AvgIpc) is 2.42. The van der Waals surface area contributed by atoms with E-state index in [2.05, 4.69) is 11.9 Å². The highest BCUT2D eigenvalue weighted by molar-refractivity contribution is 5.99. The number of methoxy groups -OCH3 is 1. The first-order valence-corrected chi connectivity index (χ1v) is 6.12. The molecule has 6 heteroatoms. The van der Waals surface area contributed by atoms with Crippen LogP contribution in [0.2, 0.25) is 0 Å². The maximum atomic E-state index is 11.8. The Morgan fingerprint density at radius 3 is 3.10 bits per heavy atom. The van der Waals surface area contributed by atoms with E-state index in [1.165, 1.54) is 7.11 Å². The summed E-state index contributed by atoms with van der Waals surface area (Å²) < 4.78 is 10.1. The second kappa shape index (κ2) is 6.21. The first-order chi connectivity index (χ1) is 9.65. The normalized spacial score (nSPS) is 13.4. The second-order valence-corrected chi connectivity index (χ2v) is 4.25. The van der Waals surface area contributed by atoms with Crippen molar-refractivity contribution in [3.05, 3.63) is 30.9 Å². The monoisotopic (exact) mass is 276 g/mol. The van der Waals surface area contributed by atoms with E-state index in [0.717, 1.165) is 0 Å². The minimum Gasteiger partial charge on any atom is -0.481 e. The Balaban J connectivity index is 2.21. The summed E-state index contributed by atoms with van der Waals surface area (Å²) in [4.78, 5) is 24.8. The molecule has 6 nitrogen and oxygen atoms in total. The first-order valence-electron chi connectivity index (χ1n) is 6.12. The van der Waals surface area contributed by atoms with Crippen LogP contribution in [0.25, 0.3) is 0 Å². The lowest BCUT2D eigenvalue weighted by molar-refractivity contribution is -0.121. The molecular formula is C14H16N2O4. The molecule has 0 radical (unpaired) electrons. The van der Waals surface area contributed by atoms with Crippen LogP contribution >= 0.6 is 0 Å². The molecule has 1 N–H and O–H groups in total. The number of hydrogen-bond donors (Lipinski definition) is 1. The molecule has 106 valence electrons. The molecule has 0 saturated carbocycles. The molecule has 1 heterocycles. The van der Waals surface area contributed by atoms with Crippen molar-refractivity contribution in [2.24, 2.45) is 0 Å². The van der Waals surface area contributed by atoms with E-state index in [9.17, 15) is 9.59 Å². The molecule has 0 saturated heterocycles. The summed E-state index contributed by atoms with van der Waals surface area (Å²) in [7, 11) is 1.45. The molecule has 0 bridgehead atoms. The van der Waals surface area contributed by atoms with Crippen molar-refractivity contribution >= 4 is 23.2 Å². The zero-order valence-electron chi connectivity index (χ0n) is 11.2. The number of benzene rings is 1. The van der Waals surface area contributed by atoms with Crippen LogP contribution in [0.15, 0.2) is 30.9 Å². The topological polar surface area (TPSA) is 67.9 Å². The zero-order valence-corrected chi connectivity index (χ0v) is 11.2. The number of carbonyl (C=O) groups is 2. The molecule has 0 unspecified atom stereocenters. The van der Waals surface area contributed by atoms with E-state index >= 15 is 0 Å². The van der Waals surface area contributed by atoms with Gasteiger partial charge in [-0.25, -0.2) is 0 Å². The van der Waals surface area contributed by atoms with E-state index in [-0.39, 0.29) is 25.0 Å². The third-order valence-corrected chi connectivity index (χ3v) is 2.77. The minimum absolute atomic E-state index is 0.0149. The molecule has 1 aromatic rings. The zero-order chi connectivity index (χ0) is 14.5. The van der Waals surface area contributed by atoms with Crippen molar-refractivity contribution in [1.82, 2.24) is 0 Å². The smallest absolute Gasteiger partial charge is 0.265 e. The maximum absolute atomic E-state index is 11.8. The molecule has 0 atom stereocenters. The van der Waals surface area contributed by atoms with Gasteiger partial charge >= 0.3 is 0 Å². The summed E-state index contributed by atoms with van der Waals surface area (Å²) in [5.74, 6) is 0.192. The van der Waals surface area contributed by atoms with Gasteiger partial charge in [-0.05, 0) is 12.1 Å². The SMILES string of the molecule is C=CCN1C(=O)COc2cc(NC(=O)COC)ccc21. The van der Waals surface area contributed by atoms with Gasteiger partial charge in [-0.15, -0.1) is 6.58 Å². The minimum atomic E-state index is -0.248. The largest absolute Gasteiger partial charge is 0.481 e. The van der Waals surface area contributed by atoms with Gasteiger partial charge in [0, 0.05) is 25.4 Å². The van der Waals surface area contributed by atoms with Gasteiger partial charge in [-0.1, -0.05) is 6.08 Å². The molecule has 0 fully saturated rings. The number of hydrogen-bond acceptors (Lipinski definition) is 4. The van der Waals surface area contributed by atoms with Crippen LogP contribution in [0.4, 0.5) is 11.4 Å². The van der Waals surface area contributed by atoms with Gasteiger partial charge in [-0.2, -0.15) is 0 Å². The summed E-state index contributed by atoms with van der Waals surface area (Å²) in [5, 5.41) is 2.68. The predicted molar refractivity (Wildman–Crippen MR) is 75.0 cm³/mol. The maximum Gasteiger partial charge on any atom is 0.265 e. The Labute approximate surface area is 117 Å². The van der Waals surface area contributed by atoms with E-state index in [0.29, 0.717) is 23.7 Å². The van der Waals surface area contributed by atoms with Crippen molar-refractivity contribution in [3.63, 3.8) is 0 Å². The van der Waals surface area contributed by atoms with E-state index < -0.39 is 0 Å². The molecule has 1 aliphatic rings. The first kappa shape index (κ1) is 14.1. The number of anilines is 2. The summed E-state index contributed by atoms with van der Waals surface area (Å²) in [6.07, 6.45) is 1.65. The van der Waals surface area contributed by atoms with Crippen molar-refractivity contribution in [1.29, 1.82) is 0 Å². The number of nitrogens with one attached hydrogen (secondary N) is 1. The lowest BCUT2D eigenvalue weighted by Crippen LogP contribution is -2.38. The molecular weight excluding hydrogens is 260 g/mol. The lowest BCUT2D eigenvalue weighted by Gasteiger charge is -2.28. The van der Waals surface area contributed by atoms with Gasteiger partial charge in [0.25, 0.3) is 5.91 Å². The number of carbonyl (C=O) groups excluding carboxylic acids is 2. The van der Waals surface area contributed by atoms with Crippen LogP contribution in [0.5, 0.6) is 5.75 Å². The number of fused-ring (bicyclic) bond motifs is 1. The van der Waals surface area contributed by atoms with Crippen LogP contribution in [0.3, 0.4) is 0 Å². The Morgan fingerprint density at radius 1 is 1.60 bits per heavy atom. The van der Waals surface area contributed by atoms with Crippen molar-refractivity contribution < 1.29 is 19.1 Å². The van der Waals surface area contributed by atoms with Crippen LogP contribution in [-0.2, 0) is 14.3 Å². The molecule has 0 aliphatic carbocycles. The summed E-state index contributed by atoms with van der Waals surface area (Å²) in [6.45, 7) is 4.02. The van der Waals surface area contributed by atoms with Gasteiger partial charge in [0.1, 0.15) is 12.4 Å². The number of amides is 2. The van der Waals surface area contributed by atoms with Gasteiger partial charge < -0.3 is 19.7 Å². The molecule has 2 rings (SSSR count). The van der Waals surface area contributed by atoms with E-state index in [4.69, 9.17) is 9.47 Å². The summed E-state index contributed by atoms with van der Waals surface area (Å²) in [6, 6.07) is 5.13. The van der Waals surface area contributed by atoms with Crippen LogP contribution in [0, 0.1) is 0 Å². The van der Waals surface area contributed by atoms with Gasteiger partial charge in [0.15, 0.2) is 6.61 Å². The molecule has 0 spiro atoms. The summed E-state index contributed by atoms with van der Waals surface area (Å²) in [5.41, 5.74) is 1.27. The standard InChI is InChI=1S/C14H16N2O4/c1-3-6-16-11-5-4-10(15-13(17)8-19-2)7-12(11)20-9-14(16)18/h3-5,7H,1,6,8-9H2,2H3,(H,15,17). The van der Waals surface area contributed by atoms with Gasteiger partial charge in [-0.3, -0.25) is 9.59 Å². The number of nitrogens with zero attached hydrogens (tertiary/aromatic N) is 1. The third-order valence-electron chi connectivity index (χ3n) is 2.77. The third kappa shape index (κ3) is 2.97. The molecule has 0 aromatic heterocycles. The average molecular weight is 276 g/mol. The molecule has 20 heavy (non-hydrogen) atoms. The fourth-order valence-electron chi connectivity index (χ4n) is 1.94. The summed E-state index contributed by atoms with van der Waals surface area (Å²) >= 11 is 0. The van der Waals surface area contributed by atoms with E-state index in [1.807, 2.05) is 0 Å². The lowest BCUT2D eigenvalue weighted by atomic mass is 10.2. The Kier molecular flexibility index (Phi) is 4.37. The Bertz CT molecular complexity index is 542. The number of rotatable bonds is 5. The van der Waals surface area contributed by atoms with Gasteiger partial charge in [0.2, 0.25) is 5.91 Å². The highest BCUT2D eigenvalue weighted by Crippen LogP contribution is 2.34. The van der Waals surface area contributed by atoms with Crippen LogP contribution < -0.4 is 15.0 Å². The second-order valence-electron chi connectivity index (χ2n) is 4.25. The molecule has 1 aliphatic heterocycles. The van der Waals surface area contributed by atoms with E-state index in [1.54, 1.807) is 29.2 Å². The van der Waals surface area contributed by atoms with Gasteiger partial charge in [0.05, 0.1) is 5.69 Å². The van der Waals surface area contributed by atoms with Crippen molar-refractivity contribution in [3.8, 4) is 5.75 Å². The highest BCUT2D eigenvalue weighted by Gasteiger charge is 2.24. The Hall–Kier alpha value is -2.34. The van der Waals surface area contributed by atoms with Crippen molar-refractivity contribution in [2.75, 3.05) is 37.1 Å². The fourth-order valence-corrected chi connectivity index (χ4v) is 1.94. The Morgan fingerprint density at radius 2 is 2.40 bits per heavy atom.